The molecule has 0 aliphatic heterocycles. The van der Waals surface area contributed by atoms with Crippen LogP contribution in [-0.4, -0.2) is 107 Å². The Morgan fingerprint density at radius 1 is 0.312 bits per heavy atom. The first-order valence-corrected chi connectivity index (χ1v) is 49.2. The number of esters is 2. The molecule has 0 aromatic carbocycles. The van der Waals surface area contributed by atoms with E-state index in [0.29, 0.717) is 25.7 Å². The molecule has 112 heavy (non-hydrogen) atoms. The van der Waals surface area contributed by atoms with Gasteiger partial charge in [0.15, 0.2) is 0 Å². The number of allylic oxidation sites excluding steroid dienone is 2. The van der Waals surface area contributed by atoms with Crippen molar-refractivity contribution in [1.82, 2.24) is 21.3 Å². The highest BCUT2D eigenvalue weighted by Gasteiger charge is 2.34. The lowest BCUT2D eigenvalue weighted by Crippen LogP contribution is -2.47. The summed E-state index contributed by atoms with van der Waals surface area (Å²) < 4.78 is 76.5. The number of hydrogen-bond donors (Lipinski definition) is 4. The Kier molecular flexibility index (Phi) is 79.7. The third-order valence-electron chi connectivity index (χ3n) is 20.4. The Labute approximate surface area is 686 Å². The summed E-state index contributed by atoms with van der Waals surface area (Å²) in [7, 11) is -8.87. The first-order valence-electron chi connectivity index (χ1n) is 46.3. The molecule has 4 amide bonds. The molecule has 4 N–H and O–H groups in total. The number of phosphoric acid groups is 2. The number of amides is 4. The molecule has 656 valence electrons. The summed E-state index contributed by atoms with van der Waals surface area (Å²) in [5, 5.41) is 11.5. The predicted octanol–water partition coefficient (Wildman–Crippen LogP) is 26.4. The number of carbonyl (C=O) groups excluding carboxylic acids is 5. The Hall–Kier alpha value is -3.67. The van der Waals surface area contributed by atoms with Gasteiger partial charge in [-0.2, -0.15) is 0 Å². The van der Waals surface area contributed by atoms with Gasteiger partial charge in [0.2, 0.25) is 11.8 Å². The molecule has 0 aromatic rings. The van der Waals surface area contributed by atoms with Crippen LogP contribution < -0.4 is 21.3 Å². The third-order valence-corrected chi connectivity index (χ3v) is 23.3. The molecule has 0 saturated heterocycles. The normalized spacial score (nSPS) is 13.8. The van der Waals surface area contributed by atoms with Crippen LogP contribution in [0.15, 0.2) is 49.6 Å². The molecule has 0 fully saturated rings. The van der Waals surface area contributed by atoms with Crippen molar-refractivity contribution < 1.29 is 69.7 Å². The van der Waals surface area contributed by atoms with Crippen molar-refractivity contribution in [2.24, 2.45) is 0 Å². The lowest BCUT2D eigenvalue weighted by atomic mass is 10.0. The van der Waals surface area contributed by atoms with E-state index in [1.807, 2.05) is 24.3 Å². The van der Waals surface area contributed by atoms with E-state index in [-0.39, 0.29) is 77.0 Å². The van der Waals surface area contributed by atoms with Gasteiger partial charge in [-0.05, 0) is 63.5 Å². The number of carbonyl (C=O) groups is 5. The van der Waals surface area contributed by atoms with E-state index < -0.39 is 71.1 Å². The first-order chi connectivity index (χ1) is 54.7. The van der Waals surface area contributed by atoms with Crippen LogP contribution in [-0.2, 0) is 64.9 Å². The smallest absolute Gasteiger partial charge is 0.456 e. The van der Waals surface area contributed by atoms with Gasteiger partial charge in [0.05, 0.1) is 51.7 Å². The quantitative estimate of drug-likeness (QED) is 0.0192. The topological polar surface area (TPSA) is 241 Å². The van der Waals surface area contributed by atoms with E-state index in [1.54, 1.807) is 0 Å². The molecule has 0 radical (unpaired) electrons. The third kappa shape index (κ3) is 71.6. The van der Waals surface area contributed by atoms with Gasteiger partial charge in [0, 0.05) is 38.8 Å². The minimum absolute atomic E-state index is 0.161. The highest BCUT2D eigenvalue weighted by atomic mass is 31.2. The molecule has 0 saturated carbocycles. The van der Waals surface area contributed by atoms with Gasteiger partial charge in [-0.3, -0.25) is 46.3 Å². The van der Waals surface area contributed by atoms with E-state index in [2.05, 4.69) is 76.0 Å². The summed E-state index contributed by atoms with van der Waals surface area (Å²) in [4.78, 5) is 68.6. The summed E-state index contributed by atoms with van der Waals surface area (Å²) in [5.41, 5.74) is 0. The Morgan fingerprint density at radius 3 is 0.812 bits per heavy atom. The summed E-state index contributed by atoms with van der Waals surface area (Å²) in [6.07, 6.45) is 71.8. The van der Waals surface area contributed by atoms with Gasteiger partial charge in [0.25, 0.3) is 0 Å². The zero-order chi connectivity index (χ0) is 82.0. The number of nitrogens with one attached hydrogen (secondary N) is 4. The molecule has 6 atom stereocenters. The zero-order valence-electron chi connectivity index (χ0n) is 72.8. The Balaban J connectivity index is 6.52. The van der Waals surface area contributed by atoms with Crippen molar-refractivity contribution in [3.8, 4) is 0 Å². The summed E-state index contributed by atoms with van der Waals surface area (Å²) in [6.45, 7) is 18.6. The average molecular weight is 1620 g/mol. The molecular weight excluding hydrogens is 1450 g/mol. The zero-order valence-corrected chi connectivity index (χ0v) is 74.6. The first kappa shape index (κ1) is 108. The molecule has 19 nitrogen and oxygen atoms in total. The maximum Gasteiger partial charge on any atom is 0.475 e. The second-order valence-electron chi connectivity index (χ2n) is 31.2. The van der Waals surface area contributed by atoms with Crippen LogP contribution >= 0.6 is 15.6 Å². The summed E-state index contributed by atoms with van der Waals surface area (Å²) in [5.74, 6) is -1.27. The van der Waals surface area contributed by atoms with Crippen LogP contribution in [0.2, 0.25) is 0 Å². The van der Waals surface area contributed by atoms with Gasteiger partial charge < -0.3 is 30.7 Å². The van der Waals surface area contributed by atoms with Gasteiger partial charge in [-0.1, -0.05) is 374 Å². The maximum atomic E-state index is 14.5. The van der Waals surface area contributed by atoms with Gasteiger partial charge >= 0.3 is 33.6 Å². The fourth-order valence-corrected chi connectivity index (χ4v) is 15.8. The molecule has 0 rings (SSSR count). The van der Waals surface area contributed by atoms with Crippen molar-refractivity contribution in [1.29, 1.82) is 0 Å². The maximum absolute atomic E-state index is 14.5. The highest BCUT2D eigenvalue weighted by molar-refractivity contribution is 7.48. The van der Waals surface area contributed by atoms with Crippen molar-refractivity contribution in [2.75, 3.05) is 52.7 Å². The Bertz CT molecular complexity index is 2210. The minimum atomic E-state index is -4.43. The van der Waals surface area contributed by atoms with Crippen molar-refractivity contribution >= 4 is 45.4 Å². The standard InChI is InChI=1S/C91H172N4O15P2/c1-9-17-23-29-35-41-43-49-53-59-65-71-87(96)94-83(85(69-63-57-51-45-37-31-25-19-11-3)109-89(98)73-67-61-55-47-39-33-27-21-13-5)81-107-111(101,103-77-15-7)105-79-75-92-91(100)93-76-80-106-112(102,104-78-16-8)108-82-84(95-88(97)72-66-60-54-50-44-42-36-30-24-18-10-2)86(70-64-58-52-46-38-32-26-20-12-4)110-90(99)74-68-62-56-48-40-34-28-22-14-6/h15-16,63-64,69-70,83-86H,7-14,17-62,65-68,71-82H2,1-6H3,(H,94,96)(H,95,97)(H2,92,93,100)/t83-,84-,85+,86+,111?,112?/m0/s1. The number of ether oxygens (including phenoxy) is 2. The van der Waals surface area contributed by atoms with Crippen LogP contribution in [0.25, 0.3) is 0 Å². The summed E-state index contributed by atoms with van der Waals surface area (Å²) >= 11 is 0. The highest BCUT2D eigenvalue weighted by Crippen LogP contribution is 2.50. The van der Waals surface area contributed by atoms with Crippen LogP contribution in [0.4, 0.5) is 4.79 Å². The van der Waals surface area contributed by atoms with Crippen LogP contribution in [0.1, 0.15) is 427 Å². The number of unbranched alkanes of at least 4 members (excludes halogenated alkanes) is 50. The van der Waals surface area contributed by atoms with Crippen LogP contribution in [0.5, 0.6) is 0 Å². The van der Waals surface area contributed by atoms with E-state index in [9.17, 15) is 33.1 Å². The van der Waals surface area contributed by atoms with Gasteiger partial charge in [-0.15, -0.1) is 13.2 Å². The molecule has 2 unspecified atom stereocenters. The number of urea groups is 1. The van der Waals surface area contributed by atoms with Crippen LogP contribution in [0, 0.1) is 0 Å². The lowest BCUT2D eigenvalue weighted by molar-refractivity contribution is -0.150. The largest absolute Gasteiger partial charge is 0.475 e. The molecule has 0 aromatic heterocycles. The van der Waals surface area contributed by atoms with Gasteiger partial charge in [0.1, 0.15) is 12.2 Å². The monoisotopic (exact) mass is 1620 g/mol. The molecule has 0 aliphatic rings. The minimum Gasteiger partial charge on any atom is -0.456 e. The second kappa shape index (κ2) is 82.4. The van der Waals surface area contributed by atoms with E-state index in [1.165, 1.54) is 218 Å². The molecule has 0 heterocycles. The van der Waals surface area contributed by atoms with Crippen molar-refractivity contribution in [3.63, 3.8) is 0 Å². The number of hydrogen-bond acceptors (Lipinski definition) is 15. The van der Waals surface area contributed by atoms with E-state index in [4.69, 9.17) is 36.6 Å². The Morgan fingerprint density at radius 2 is 0.554 bits per heavy atom. The average Bonchev–Trinajstić information content (AvgIpc) is 0.869. The molecule has 21 heteroatoms. The summed E-state index contributed by atoms with van der Waals surface area (Å²) in [6, 6.07) is -2.58. The molecule has 0 bridgehead atoms. The molecule has 0 spiro atoms. The van der Waals surface area contributed by atoms with E-state index >= 15 is 0 Å². The lowest BCUT2D eigenvalue weighted by Gasteiger charge is -2.27. The van der Waals surface area contributed by atoms with Crippen molar-refractivity contribution in [2.45, 2.75) is 451 Å². The molecule has 0 aliphatic carbocycles. The fraction of sp³-hybridized carbons (Fsp3) is 0.857. The molecular formula is C91H172N4O15P2. The second-order valence-corrected chi connectivity index (χ2v) is 34.5. The number of phosphoric ester groups is 2. The SMILES string of the molecule is C=CCOP(=O)(OCCNC(=O)NCCOP(=O)(OCC=C)OC[C@H](NC(=O)CCCCCCCCCCCCC)[C@@H](C=CCCCCCCCCC)OC(=O)CCCCCCCCCCC)OC[C@H](NC(=O)CCCCCCCCCCCCC)[C@@H](C=CCCCCCCCCC)OC(=O)CCCCCCCCCCC. The van der Waals surface area contributed by atoms with Gasteiger partial charge in [-0.25, -0.2) is 13.9 Å². The predicted molar refractivity (Wildman–Crippen MR) is 466 cm³/mol. The van der Waals surface area contributed by atoms with E-state index in [0.717, 1.165) is 128 Å². The van der Waals surface area contributed by atoms with Crippen molar-refractivity contribution in [3.05, 3.63) is 49.6 Å². The fourth-order valence-electron chi connectivity index (χ4n) is 13.4. The number of rotatable bonds is 88. The van der Waals surface area contributed by atoms with Crippen LogP contribution in [0.3, 0.4) is 0 Å².